The number of ether oxygens (including phenoxy) is 1. The Balaban J connectivity index is 1.89. The zero-order valence-electron chi connectivity index (χ0n) is 13.7. The molecule has 0 radical (unpaired) electrons. The Hall–Kier alpha value is -2.89. The standard InChI is InChI=1S/C18H19FN2O3/c1-11-4-9-16(12(2)10-11)18(23)21-20-17(22)13(3)24-15-7-5-14(19)6-8-15/h4-10,13H,1-3H3,(H,20,22)(H,21,23). The van der Waals surface area contributed by atoms with Crippen LogP contribution < -0.4 is 15.6 Å². The molecule has 2 rings (SSSR count). The summed E-state index contributed by atoms with van der Waals surface area (Å²) in [4.78, 5) is 24.1. The van der Waals surface area contributed by atoms with Crippen molar-refractivity contribution in [3.63, 3.8) is 0 Å². The fraction of sp³-hybridized carbons (Fsp3) is 0.222. The van der Waals surface area contributed by atoms with E-state index in [-0.39, 0.29) is 5.82 Å². The zero-order valence-corrected chi connectivity index (χ0v) is 13.7. The molecule has 6 heteroatoms. The van der Waals surface area contributed by atoms with E-state index in [0.717, 1.165) is 11.1 Å². The lowest BCUT2D eigenvalue weighted by Crippen LogP contribution is -2.47. The summed E-state index contributed by atoms with van der Waals surface area (Å²) in [5, 5.41) is 0. The highest BCUT2D eigenvalue weighted by molar-refractivity contribution is 5.97. The molecule has 5 nitrogen and oxygen atoms in total. The van der Waals surface area contributed by atoms with Crippen LogP contribution in [0.15, 0.2) is 42.5 Å². The second kappa shape index (κ2) is 7.59. The van der Waals surface area contributed by atoms with Gasteiger partial charge in [-0.15, -0.1) is 0 Å². The Bertz CT molecular complexity index is 744. The van der Waals surface area contributed by atoms with E-state index in [1.165, 1.54) is 31.2 Å². The Labute approximate surface area is 139 Å². The summed E-state index contributed by atoms with van der Waals surface area (Å²) in [6.45, 7) is 5.29. The Morgan fingerprint density at radius 2 is 1.71 bits per heavy atom. The van der Waals surface area contributed by atoms with Crippen molar-refractivity contribution < 1.29 is 18.7 Å². The largest absolute Gasteiger partial charge is 0.481 e. The third-order valence-electron chi connectivity index (χ3n) is 3.42. The van der Waals surface area contributed by atoms with Crippen LogP contribution in [0, 0.1) is 19.7 Å². The van der Waals surface area contributed by atoms with Gasteiger partial charge in [-0.1, -0.05) is 17.7 Å². The monoisotopic (exact) mass is 330 g/mol. The van der Waals surface area contributed by atoms with Gasteiger partial charge in [-0.2, -0.15) is 0 Å². The van der Waals surface area contributed by atoms with E-state index in [2.05, 4.69) is 10.9 Å². The van der Waals surface area contributed by atoms with Crippen LogP contribution in [0.3, 0.4) is 0 Å². The van der Waals surface area contributed by atoms with Gasteiger partial charge in [0, 0.05) is 5.56 Å². The maximum absolute atomic E-state index is 12.8. The van der Waals surface area contributed by atoms with E-state index in [0.29, 0.717) is 11.3 Å². The van der Waals surface area contributed by atoms with E-state index in [1.54, 1.807) is 6.07 Å². The van der Waals surface area contributed by atoms with Crippen molar-refractivity contribution in [2.75, 3.05) is 0 Å². The van der Waals surface area contributed by atoms with Gasteiger partial charge in [-0.25, -0.2) is 4.39 Å². The van der Waals surface area contributed by atoms with Crippen molar-refractivity contribution in [2.24, 2.45) is 0 Å². The Morgan fingerprint density at radius 1 is 1.04 bits per heavy atom. The topological polar surface area (TPSA) is 67.4 Å². The van der Waals surface area contributed by atoms with Crippen LogP contribution in [-0.4, -0.2) is 17.9 Å². The van der Waals surface area contributed by atoms with E-state index < -0.39 is 17.9 Å². The number of carbonyl (C=O) groups is 2. The van der Waals surface area contributed by atoms with Crippen LogP contribution in [-0.2, 0) is 4.79 Å². The number of hydrogen-bond donors (Lipinski definition) is 2. The van der Waals surface area contributed by atoms with Gasteiger partial charge in [0.1, 0.15) is 11.6 Å². The van der Waals surface area contributed by atoms with Crippen LogP contribution in [0.4, 0.5) is 4.39 Å². The molecule has 0 aliphatic carbocycles. The van der Waals surface area contributed by atoms with Crippen LogP contribution in [0.25, 0.3) is 0 Å². The summed E-state index contributed by atoms with van der Waals surface area (Å²) in [5.41, 5.74) is 7.02. The van der Waals surface area contributed by atoms with Crippen LogP contribution in [0.5, 0.6) is 5.75 Å². The minimum absolute atomic E-state index is 0.361. The van der Waals surface area contributed by atoms with Crippen LogP contribution in [0.1, 0.15) is 28.4 Å². The number of aryl methyl sites for hydroxylation is 2. The van der Waals surface area contributed by atoms with Crippen molar-refractivity contribution in [1.29, 1.82) is 0 Å². The quantitative estimate of drug-likeness (QED) is 0.847. The molecule has 0 spiro atoms. The minimum atomic E-state index is -0.852. The molecular formula is C18H19FN2O3. The molecule has 0 heterocycles. The number of nitrogens with one attached hydrogen (secondary N) is 2. The van der Waals surface area contributed by atoms with Crippen molar-refractivity contribution >= 4 is 11.8 Å². The second-order valence-electron chi connectivity index (χ2n) is 5.48. The SMILES string of the molecule is Cc1ccc(C(=O)NNC(=O)C(C)Oc2ccc(F)cc2)c(C)c1. The number of carbonyl (C=O) groups excluding carboxylic acids is 2. The number of amides is 2. The average molecular weight is 330 g/mol. The second-order valence-corrected chi connectivity index (χ2v) is 5.48. The minimum Gasteiger partial charge on any atom is -0.481 e. The highest BCUT2D eigenvalue weighted by Gasteiger charge is 2.16. The maximum Gasteiger partial charge on any atom is 0.279 e. The maximum atomic E-state index is 12.8. The van der Waals surface area contributed by atoms with E-state index >= 15 is 0 Å². The predicted octanol–water partition coefficient (Wildman–Crippen LogP) is 2.67. The molecule has 0 fully saturated rings. The van der Waals surface area contributed by atoms with Gasteiger partial charge in [0.05, 0.1) is 0 Å². The van der Waals surface area contributed by atoms with Gasteiger partial charge >= 0.3 is 0 Å². The number of rotatable bonds is 4. The molecule has 0 aliphatic rings. The molecular weight excluding hydrogens is 311 g/mol. The molecule has 0 saturated carbocycles. The molecule has 2 aromatic carbocycles. The van der Waals surface area contributed by atoms with Crippen molar-refractivity contribution in [2.45, 2.75) is 26.9 Å². The number of hydrogen-bond acceptors (Lipinski definition) is 3. The summed E-state index contributed by atoms with van der Waals surface area (Å²) in [5.74, 6) is -0.952. The predicted molar refractivity (Wildman–Crippen MR) is 88.0 cm³/mol. The molecule has 1 unspecified atom stereocenters. The number of hydrazine groups is 1. The van der Waals surface area contributed by atoms with Crippen molar-refractivity contribution in [3.8, 4) is 5.75 Å². The normalized spacial score (nSPS) is 11.5. The summed E-state index contributed by atoms with van der Waals surface area (Å²) >= 11 is 0. The highest BCUT2D eigenvalue weighted by Crippen LogP contribution is 2.13. The van der Waals surface area contributed by atoms with E-state index in [4.69, 9.17) is 4.74 Å². The zero-order chi connectivity index (χ0) is 17.7. The summed E-state index contributed by atoms with van der Waals surface area (Å²) in [6.07, 6.45) is -0.852. The lowest BCUT2D eigenvalue weighted by atomic mass is 10.1. The first-order valence-electron chi connectivity index (χ1n) is 7.46. The van der Waals surface area contributed by atoms with Gasteiger partial charge in [-0.3, -0.25) is 20.4 Å². The lowest BCUT2D eigenvalue weighted by molar-refractivity contribution is -0.128. The fourth-order valence-electron chi connectivity index (χ4n) is 2.13. The molecule has 24 heavy (non-hydrogen) atoms. The van der Waals surface area contributed by atoms with Gasteiger partial charge in [0.15, 0.2) is 6.10 Å². The fourth-order valence-corrected chi connectivity index (χ4v) is 2.13. The molecule has 2 aromatic rings. The van der Waals surface area contributed by atoms with Crippen LogP contribution >= 0.6 is 0 Å². The van der Waals surface area contributed by atoms with Gasteiger partial charge in [-0.05, 0) is 56.7 Å². The average Bonchev–Trinajstić information content (AvgIpc) is 2.54. The van der Waals surface area contributed by atoms with E-state index in [9.17, 15) is 14.0 Å². The molecule has 0 aliphatic heterocycles. The molecule has 0 saturated heterocycles. The lowest BCUT2D eigenvalue weighted by Gasteiger charge is -2.15. The molecule has 0 bridgehead atoms. The molecule has 126 valence electrons. The van der Waals surface area contributed by atoms with E-state index in [1.807, 2.05) is 26.0 Å². The number of halogens is 1. The summed E-state index contributed by atoms with van der Waals surface area (Å²) in [6, 6.07) is 10.7. The van der Waals surface area contributed by atoms with Gasteiger partial charge in [0.2, 0.25) is 0 Å². The molecule has 2 N–H and O–H groups in total. The first-order chi connectivity index (χ1) is 11.4. The Morgan fingerprint density at radius 3 is 2.33 bits per heavy atom. The van der Waals surface area contributed by atoms with Gasteiger partial charge < -0.3 is 4.74 Å². The van der Waals surface area contributed by atoms with Gasteiger partial charge in [0.25, 0.3) is 11.8 Å². The first-order valence-corrected chi connectivity index (χ1v) is 7.46. The van der Waals surface area contributed by atoms with Crippen LogP contribution in [0.2, 0.25) is 0 Å². The van der Waals surface area contributed by atoms with Crippen molar-refractivity contribution in [1.82, 2.24) is 10.9 Å². The highest BCUT2D eigenvalue weighted by atomic mass is 19.1. The number of benzene rings is 2. The third-order valence-corrected chi connectivity index (χ3v) is 3.42. The Kier molecular flexibility index (Phi) is 5.52. The van der Waals surface area contributed by atoms with Crippen molar-refractivity contribution in [3.05, 3.63) is 65.0 Å². The molecule has 2 amide bonds. The third kappa shape index (κ3) is 4.55. The molecule has 1 atom stereocenters. The molecule has 0 aromatic heterocycles. The summed E-state index contributed by atoms with van der Waals surface area (Å²) in [7, 11) is 0. The first kappa shape index (κ1) is 17.5. The smallest absolute Gasteiger partial charge is 0.279 e. The summed E-state index contributed by atoms with van der Waals surface area (Å²) < 4.78 is 18.2.